The summed E-state index contributed by atoms with van der Waals surface area (Å²) >= 11 is 1.56. The van der Waals surface area contributed by atoms with Crippen LogP contribution in [0.1, 0.15) is 142 Å². The molecule has 7 atom stereocenters. The van der Waals surface area contributed by atoms with Crippen LogP contribution in [0.4, 0.5) is 0 Å². The molecule has 0 bridgehead atoms. The molecule has 0 unspecified atom stereocenters. The Morgan fingerprint density at radius 1 is 0.594 bits per heavy atom. The zero-order chi connectivity index (χ0) is 53.7. The molecule has 400 valence electrons. The molecule has 0 rings (SSSR count). The van der Waals surface area contributed by atoms with Crippen LogP contribution in [0.25, 0.3) is 0 Å². The minimum atomic E-state index is -1.42. The van der Waals surface area contributed by atoms with Crippen molar-refractivity contribution >= 4 is 59.0 Å². The highest BCUT2D eigenvalue weighted by Gasteiger charge is 2.41. The Balaban J connectivity index is 6.42. The van der Waals surface area contributed by atoms with E-state index in [-0.39, 0.29) is 48.3 Å². The summed E-state index contributed by atoms with van der Waals surface area (Å²) < 4.78 is 0. The van der Waals surface area contributed by atoms with Crippen molar-refractivity contribution in [1.29, 1.82) is 0 Å². The van der Waals surface area contributed by atoms with Gasteiger partial charge in [0.05, 0.1) is 5.60 Å². The number of carbonyl (C=O) groups excluding carboxylic acids is 8. The van der Waals surface area contributed by atoms with Gasteiger partial charge >= 0.3 is 0 Å². The lowest BCUT2D eigenvalue weighted by atomic mass is 9.95. The first-order valence-corrected chi connectivity index (χ1v) is 26.1. The van der Waals surface area contributed by atoms with Crippen molar-refractivity contribution in [2.45, 2.75) is 190 Å². The van der Waals surface area contributed by atoms with Gasteiger partial charge in [-0.3, -0.25) is 38.4 Å². The number of rotatable bonds is 31. The van der Waals surface area contributed by atoms with Gasteiger partial charge in [0.2, 0.25) is 47.3 Å². The molecule has 8 amide bonds. The van der Waals surface area contributed by atoms with E-state index in [1.807, 2.05) is 34.6 Å². The van der Waals surface area contributed by atoms with Crippen molar-refractivity contribution in [1.82, 2.24) is 46.2 Å². The van der Waals surface area contributed by atoms with Crippen molar-refractivity contribution in [3.05, 3.63) is 0 Å². The number of hydrogen-bond donors (Lipinski definition) is 6. The zero-order valence-electron chi connectivity index (χ0n) is 46.0. The highest BCUT2D eigenvalue weighted by Crippen LogP contribution is 2.22. The third-order valence-electron chi connectivity index (χ3n) is 11.8. The van der Waals surface area contributed by atoms with Gasteiger partial charge in [-0.15, -0.1) is 0 Å². The molecule has 19 heteroatoms. The normalized spacial score (nSPS) is 15.0. The number of nitrogens with one attached hydrogen (secondary N) is 5. The number of likely N-dealkylation sites (N-methyl/N-ethyl adjacent to an activating group) is 5. The van der Waals surface area contributed by atoms with Crippen LogP contribution in [0.5, 0.6) is 0 Å². The maximum atomic E-state index is 14.5. The van der Waals surface area contributed by atoms with E-state index < -0.39 is 89.3 Å². The molecule has 0 aromatic heterocycles. The van der Waals surface area contributed by atoms with Gasteiger partial charge in [0.25, 0.3) is 0 Å². The average Bonchev–Trinajstić information content (AvgIpc) is 3.24. The summed E-state index contributed by atoms with van der Waals surface area (Å²) in [5.74, 6) is -3.47. The zero-order valence-corrected chi connectivity index (χ0v) is 46.8. The Bertz CT molecular complexity index is 1670. The van der Waals surface area contributed by atoms with Crippen LogP contribution in [0.15, 0.2) is 0 Å². The molecule has 0 aromatic carbocycles. The molecule has 69 heavy (non-hydrogen) atoms. The Kier molecular flexibility index (Phi) is 28.9. The lowest BCUT2D eigenvalue weighted by Crippen LogP contribution is -2.61. The van der Waals surface area contributed by atoms with E-state index in [4.69, 9.17) is 0 Å². The highest BCUT2D eigenvalue weighted by atomic mass is 32.2. The van der Waals surface area contributed by atoms with E-state index >= 15 is 0 Å². The molecule has 0 aromatic rings. The van der Waals surface area contributed by atoms with Crippen LogP contribution in [0.2, 0.25) is 0 Å². The van der Waals surface area contributed by atoms with E-state index in [0.29, 0.717) is 18.6 Å². The van der Waals surface area contributed by atoms with Gasteiger partial charge in [-0.1, -0.05) is 69.2 Å². The van der Waals surface area contributed by atoms with E-state index in [1.165, 1.54) is 75.5 Å². The van der Waals surface area contributed by atoms with Crippen LogP contribution < -0.4 is 26.6 Å². The molecule has 0 fully saturated rings. The Morgan fingerprint density at radius 3 is 1.57 bits per heavy atom. The third-order valence-corrected chi connectivity index (χ3v) is 13.0. The maximum absolute atomic E-state index is 14.5. The van der Waals surface area contributed by atoms with Gasteiger partial charge in [-0.25, -0.2) is 0 Å². The summed E-state index contributed by atoms with van der Waals surface area (Å²) in [6, 6.07) is -7.30. The average molecular weight is 998 g/mol. The first kappa shape index (κ1) is 65.0. The van der Waals surface area contributed by atoms with Crippen LogP contribution in [-0.4, -0.2) is 180 Å². The molecule has 18 nitrogen and oxygen atoms in total. The minimum absolute atomic E-state index is 0.0840. The van der Waals surface area contributed by atoms with E-state index in [9.17, 15) is 43.5 Å². The summed E-state index contributed by atoms with van der Waals surface area (Å²) in [6.45, 7) is 27.3. The van der Waals surface area contributed by atoms with Crippen LogP contribution >= 0.6 is 11.8 Å². The largest absolute Gasteiger partial charge is 0.390 e. The Hall–Kier alpha value is -3.97. The van der Waals surface area contributed by atoms with Gasteiger partial charge < -0.3 is 51.3 Å². The third kappa shape index (κ3) is 23.7. The second kappa shape index (κ2) is 30.7. The fraction of sp³-hybridized carbons (Fsp3) is 0.840. The number of unbranched alkanes of at least 4 members (excludes halogenated alkanes) is 1. The maximum Gasteiger partial charge on any atom is 0.246 e. The SMILES string of the molecule is CCCC(=O)N(C)[C@H](CSCCCCNCC(C)(C)C)C(=O)N(C)[C@@H](CC(C)(C)O)C(=O)N[C@H](C(=O)N(C)[C@@H](CC(C)C)C(=O)N[C@H](C)C(=O)N[C@@H](C)C(=O)N(C)[C@@H](CC(C)C)C(=O)NC)C(C)C. The van der Waals surface area contributed by atoms with E-state index in [1.54, 1.807) is 32.7 Å². The fourth-order valence-corrected chi connectivity index (χ4v) is 8.77. The molecule has 0 spiro atoms. The standard InChI is InChI=1S/C50H95N9O9S/c1-20-23-40(60)56(16)39(29-69-25-22-21-24-52-30-49(10,11)12)47(66)59(19)38(28-50(13,14)68)45(64)55-41(33(6)7)48(67)58(18)37(27-32(4)5)44(63)53-34(8)42(61)54-35(9)46(65)57(17)36(26-31(2)3)43(62)51-15/h31-39,41,52,68H,20-30H2,1-19H3,(H,51,62)(H,53,63)(H,54,61)(H,55,64)/t34-,35+,36+,37+,38+,39-,41+/m1/s1. The van der Waals surface area contributed by atoms with Gasteiger partial charge in [0.1, 0.15) is 42.3 Å². The smallest absolute Gasteiger partial charge is 0.246 e. The molecule has 0 saturated heterocycles. The summed E-state index contributed by atoms with van der Waals surface area (Å²) in [6.07, 6.45) is 3.12. The molecular weight excluding hydrogens is 903 g/mol. The van der Waals surface area contributed by atoms with E-state index in [2.05, 4.69) is 47.4 Å². The lowest BCUT2D eigenvalue weighted by Gasteiger charge is -2.38. The van der Waals surface area contributed by atoms with Crippen LogP contribution in [0.3, 0.4) is 0 Å². The second-order valence-corrected chi connectivity index (χ2v) is 22.9. The minimum Gasteiger partial charge on any atom is -0.390 e. The van der Waals surface area contributed by atoms with Crippen molar-refractivity contribution in [2.75, 3.05) is 59.8 Å². The van der Waals surface area contributed by atoms with Gasteiger partial charge in [-0.2, -0.15) is 11.8 Å². The first-order valence-electron chi connectivity index (χ1n) is 24.9. The van der Waals surface area contributed by atoms with Gasteiger partial charge in [-0.05, 0) is 102 Å². The molecule has 0 radical (unpaired) electrons. The van der Waals surface area contributed by atoms with Crippen molar-refractivity contribution < 1.29 is 43.5 Å². The van der Waals surface area contributed by atoms with Crippen molar-refractivity contribution in [3.8, 4) is 0 Å². The summed E-state index contributed by atoms with van der Waals surface area (Å²) in [4.78, 5) is 115. The van der Waals surface area contributed by atoms with Crippen LogP contribution in [0, 0.1) is 23.2 Å². The lowest BCUT2D eigenvalue weighted by molar-refractivity contribution is -0.149. The highest BCUT2D eigenvalue weighted by molar-refractivity contribution is 7.99. The predicted octanol–water partition coefficient (Wildman–Crippen LogP) is 3.39. The van der Waals surface area contributed by atoms with Crippen molar-refractivity contribution in [2.24, 2.45) is 23.2 Å². The number of nitrogens with zero attached hydrogens (tertiary/aromatic N) is 4. The number of hydrogen-bond acceptors (Lipinski definition) is 11. The Morgan fingerprint density at radius 2 is 1.09 bits per heavy atom. The quantitative estimate of drug-likeness (QED) is 0.0552. The molecule has 0 aliphatic carbocycles. The summed E-state index contributed by atoms with van der Waals surface area (Å²) in [5.41, 5.74) is -1.24. The summed E-state index contributed by atoms with van der Waals surface area (Å²) in [5, 5.41) is 25.3. The topological polar surface area (TPSA) is 230 Å². The molecule has 0 saturated carbocycles. The second-order valence-electron chi connectivity index (χ2n) is 21.8. The Labute approximate surface area is 420 Å². The van der Waals surface area contributed by atoms with Gasteiger partial charge in [0.15, 0.2) is 0 Å². The molecule has 0 heterocycles. The van der Waals surface area contributed by atoms with E-state index in [0.717, 1.165) is 31.7 Å². The van der Waals surface area contributed by atoms with Crippen LogP contribution in [-0.2, 0) is 38.4 Å². The number of carbonyl (C=O) groups is 8. The monoisotopic (exact) mass is 998 g/mol. The molecular formula is C50H95N9O9S. The fourth-order valence-electron chi connectivity index (χ4n) is 7.60. The first-order chi connectivity index (χ1) is 31.7. The molecule has 6 N–H and O–H groups in total. The molecule has 0 aliphatic heterocycles. The van der Waals surface area contributed by atoms with Gasteiger partial charge in [0, 0.05) is 53.8 Å². The number of thioether (sulfide) groups is 1. The summed E-state index contributed by atoms with van der Waals surface area (Å²) in [7, 11) is 7.51. The number of aliphatic hydroxyl groups is 1. The predicted molar refractivity (Wildman–Crippen MR) is 276 cm³/mol. The molecule has 0 aliphatic rings. The number of amides is 8. The van der Waals surface area contributed by atoms with Crippen molar-refractivity contribution in [3.63, 3.8) is 0 Å².